The molecule has 2 rings (SSSR count). The third-order valence-electron chi connectivity index (χ3n) is 4.38. The van der Waals surface area contributed by atoms with Crippen molar-refractivity contribution in [2.45, 2.75) is 31.2 Å². The molecule has 1 aromatic rings. The first kappa shape index (κ1) is 19.1. The van der Waals surface area contributed by atoms with E-state index in [4.69, 9.17) is 19.3 Å². The molecule has 1 aliphatic rings. The summed E-state index contributed by atoms with van der Waals surface area (Å²) in [6, 6.07) is 7.96. The van der Waals surface area contributed by atoms with E-state index >= 15 is 0 Å². The van der Waals surface area contributed by atoms with Crippen LogP contribution < -0.4 is 4.74 Å². The Morgan fingerprint density at radius 2 is 1.79 bits per heavy atom. The zero-order chi connectivity index (χ0) is 17.5. The van der Waals surface area contributed by atoms with Gasteiger partial charge in [0.05, 0.1) is 32.5 Å². The van der Waals surface area contributed by atoms with Gasteiger partial charge in [0.25, 0.3) is 0 Å². The lowest BCUT2D eigenvalue weighted by Gasteiger charge is -2.42. The molecule has 4 atom stereocenters. The number of ether oxygens (including phenoxy) is 3. The number of likely N-dealkylation sites (N-methyl/N-ethyl adjacent to an activating group) is 1. The fraction of sp³-hybridized carbons (Fsp3) is 0.667. The lowest BCUT2D eigenvalue weighted by Crippen LogP contribution is -2.51. The molecule has 0 saturated carbocycles. The van der Waals surface area contributed by atoms with Gasteiger partial charge in [0.1, 0.15) is 11.9 Å². The van der Waals surface area contributed by atoms with Gasteiger partial charge >= 0.3 is 0 Å². The third-order valence-corrected chi connectivity index (χ3v) is 4.38. The summed E-state index contributed by atoms with van der Waals surface area (Å²) in [6.45, 7) is 4.01. The predicted octanol–water partition coefficient (Wildman–Crippen LogP) is 0.868. The van der Waals surface area contributed by atoms with E-state index in [-0.39, 0.29) is 31.3 Å². The standard InChI is InChI=1S/C18H29NO5/c1-4-23-16-9-19(2)10-17(24-12-14(21)11-20)18(16)13-5-7-15(22-3)8-6-13/h5-8,14,16-18,20-21H,4,9-12H2,1-3H3/t14?,16?,17?,18-/m1/s1. The molecular formula is C18H29NO5. The van der Waals surface area contributed by atoms with Crippen molar-refractivity contribution in [3.63, 3.8) is 0 Å². The van der Waals surface area contributed by atoms with E-state index < -0.39 is 6.10 Å². The summed E-state index contributed by atoms with van der Waals surface area (Å²) in [6.07, 6.45) is -0.965. The maximum absolute atomic E-state index is 9.61. The molecule has 0 amide bonds. The third kappa shape index (κ3) is 4.91. The Bertz CT molecular complexity index is 481. The number of piperidine rings is 1. The molecule has 0 aliphatic carbocycles. The Hall–Kier alpha value is -1.18. The Labute approximate surface area is 143 Å². The van der Waals surface area contributed by atoms with Gasteiger partial charge in [-0.1, -0.05) is 12.1 Å². The number of benzene rings is 1. The fourth-order valence-electron chi connectivity index (χ4n) is 3.23. The van der Waals surface area contributed by atoms with E-state index in [1.807, 2.05) is 38.2 Å². The molecule has 0 spiro atoms. The number of hydrogen-bond acceptors (Lipinski definition) is 6. The molecular weight excluding hydrogens is 310 g/mol. The lowest BCUT2D eigenvalue weighted by atomic mass is 9.84. The Kier molecular flexibility index (Phi) is 7.45. The van der Waals surface area contributed by atoms with Gasteiger partial charge in [-0.15, -0.1) is 0 Å². The molecule has 2 N–H and O–H groups in total. The summed E-state index contributed by atoms with van der Waals surface area (Å²) >= 11 is 0. The minimum atomic E-state index is -0.862. The highest BCUT2D eigenvalue weighted by atomic mass is 16.5. The Balaban J connectivity index is 2.21. The number of hydrogen-bond donors (Lipinski definition) is 2. The molecule has 0 bridgehead atoms. The normalized spacial score (nSPS) is 26.3. The first-order chi connectivity index (χ1) is 11.6. The second-order valence-electron chi connectivity index (χ2n) is 6.22. The number of aliphatic hydroxyl groups excluding tert-OH is 2. The van der Waals surface area contributed by atoms with Crippen molar-refractivity contribution in [1.82, 2.24) is 4.90 Å². The Morgan fingerprint density at radius 1 is 1.17 bits per heavy atom. The van der Waals surface area contributed by atoms with Gasteiger partial charge in [-0.25, -0.2) is 0 Å². The summed E-state index contributed by atoms with van der Waals surface area (Å²) in [4.78, 5) is 2.18. The Morgan fingerprint density at radius 3 is 2.33 bits per heavy atom. The second-order valence-corrected chi connectivity index (χ2v) is 6.22. The van der Waals surface area contributed by atoms with Crippen LogP contribution in [0.3, 0.4) is 0 Å². The van der Waals surface area contributed by atoms with Crippen LogP contribution in [0.15, 0.2) is 24.3 Å². The molecule has 1 heterocycles. The van der Waals surface area contributed by atoms with E-state index in [9.17, 15) is 5.11 Å². The number of aliphatic hydroxyl groups is 2. The van der Waals surface area contributed by atoms with Crippen LogP contribution in [0.4, 0.5) is 0 Å². The summed E-state index contributed by atoms with van der Waals surface area (Å²) in [7, 11) is 3.69. The number of likely N-dealkylation sites (tertiary alicyclic amines) is 1. The summed E-state index contributed by atoms with van der Waals surface area (Å²) in [5.41, 5.74) is 1.13. The van der Waals surface area contributed by atoms with Crippen LogP contribution in [-0.4, -0.2) is 80.5 Å². The number of methoxy groups -OCH3 is 1. The van der Waals surface area contributed by atoms with E-state index in [1.54, 1.807) is 7.11 Å². The van der Waals surface area contributed by atoms with Gasteiger partial charge in [-0.2, -0.15) is 0 Å². The highest BCUT2D eigenvalue weighted by Crippen LogP contribution is 2.33. The quantitative estimate of drug-likeness (QED) is 0.732. The average molecular weight is 339 g/mol. The van der Waals surface area contributed by atoms with Crippen molar-refractivity contribution in [2.24, 2.45) is 0 Å². The fourth-order valence-corrected chi connectivity index (χ4v) is 3.23. The van der Waals surface area contributed by atoms with Crippen molar-refractivity contribution in [1.29, 1.82) is 0 Å². The first-order valence-electron chi connectivity index (χ1n) is 8.43. The van der Waals surface area contributed by atoms with Crippen LogP contribution >= 0.6 is 0 Å². The molecule has 6 nitrogen and oxygen atoms in total. The SMILES string of the molecule is CCOC1CN(C)CC(OCC(O)CO)[C@@H]1c1ccc(OC)cc1. The van der Waals surface area contributed by atoms with Crippen molar-refractivity contribution in [2.75, 3.05) is 47.1 Å². The smallest absolute Gasteiger partial charge is 0.118 e. The molecule has 6 heteroatoms. The predicted molar refractivity (Wildman–Crippen MR) is 91.5 cm³/mol. The molecule has 1 aromatic carbocycles. The van der Waals surface area contributed by atoms with Crippen LogP contribution in [0.1, 0.15) is 18.4 Å². The highest BCUT2D eigenvalue weighted by molar-refractivity contribution is 5.31. The van der Waals surface area contributed by atoms with Gasteiger partial charge in [0.2, 0.25) is 0 Å². The minimum Gasteiger partial charge on any atom is -0.497 e. The first-order valence-corrected chi connectivity index (χ1v) is 8.43. The topological polar surface area (TPSA) is 71.4 Å². The van der Waals surface area contributed by atoms with Crippen LogP contribution in [0.25, 0.3) is 0 Å². The average Bonchev–Trinajstić information content (AvgIpc) is 2.60. The summed E-state index contributed by atoms with van der Waals surface area (Å²) in [5, 5.41) is 18.6. The largest absolute Gasteiger partial charge is 0.497 e. The van der Waals surface area contributed by atoms with Crippen molar-refractivity contribution in [3.8, 4) is 5.75 Å². The van der Waals surface area contributed by atoms with Crippen molar-refractivity contribution < 1.29 is 24.4 Å². The van der Waals surface area contributed by atoms with E-state index in [2.05, 4.69) is 4.90 Å². The minimum absolute atomic E-state index is 0.0124. The maximum Gasteiger partial charge on any atom is 0.118 e. The second kappa shape index (κ2) is 9.34. The number of rotatable bonds is 8. The summed E-state index contributed by atoms with van der Waals surface area (Å²) in [5.74, 6) is 0.880. The van der Waals surface area contributed by atoms with Crippen LogP contribution in [0, 0.1) is 0 Å². The van der Waals surface area contributed by atoms with Crippen LogP contribution in [-0.2, 0) is 9.47 Å². The molecule has 0 radical (unpaired) electrons. The van der Waals surface area contributed by atoms with Crippen molar-refractivity contribution in [3.05, 3.63) is 29.8 Å². The van der Waals surface area contributed by atoms with Gasteiger partial charge in [-0.3, -0.25) is 0 Å². The zero-order valence-electron chi connectivity index (χ0n) is 14.7. The van der Waals surface area contributed by atoms with Gasteiger partial charge < -0.3 is 29.3 Å². The molecule has 0 aromatic heterocycles. The van der Waals surface area contributed by atoms with Crippen LogP contribution in [0.5, 0.6) is 5.75 Å². The molecule has 24 heavy (non-hydrogen) atoms. The molecule has 1 fully saturated rings. The zero-order valence-corrected chi connectivity index (χ0v) is 14.7. The lowest BCUT2D eigenvalue weighted by molar-refractivity contribution is -0.102. The van der Waals surface area contributed by atoms with Gasteiger partial charge in [0.15, 0.2) is 0 Å². The molecule has 136 valence electrons. The summed E-state index contributed by atoms with van der Waals surface area (Å²) < 4.78 is 17.2. The number of nitrogens with zero attached hydrogens (tertiary/aromatic N) is 1. The van der Waals surface area contributed by atoms with E-state index in [1.165, 1.54) is 0 Å². The molecule has 1 aliphatic heterocycles. The monoisotopic (exact) mass is 339 g/mol. The molecule has 1 saturated heterocycles. The van der Waals surface area contributed by atoms with Crippen molar-refractivity contribution >= 4 is 0 Å². The molecule has 3 unspecified atom stereocenters. The van der Waals surface area contributed by atoms with E-state index in [0.29, 0.717) is 6.61 Å². The maximum atomic E-state index is 9.61. The van der Waals surface area contributed by atoms with Crippen LogP contribution in [0.2, 0.25) is 0 Å². The highest BCUT2D eigenvalue weighted by Gasteiger charge is 2.38. The van der Waals surface area contributed by atoms with Gasteiger partial charge in [0, 0.05) is 25.6 Å². The van der Waals surface area contributed by atoms with E-state index in [0.717, 1.165) is 24.4 Å². The van der Waals surface area contributed by atoms with Gasteiger partial charge in [-0.05, 0) is 31.7 Å².